The van der Waals surface area contributed by atoms with Crippen molar-refractivity contribution >= 4 is 17.9 Å². The molecule has 3 N–H and O–H groups in total. The van der Waals surface area contributed by atoms with Crippen LogP contribution < -0.4 is 16.0 Å². The molecule has 0 fully saturated rings. The normalized spacial score (nSPS) is 11.9. The number of benzene rings is 2. The van der Waals surface area contributed by atoms with Crippen LogP contribution in [0.25, 0.3) is 11.1 Å². The lowest BCUT2D eigenvalue weighted by Crippen LogP contribution is -2.46. The van der Waals surface area contributed by atoms with Gasteiger partial charge in [-0.25, -0.2) is 4.79 Å². The number of amides is 3. The van der Waals surface area contributed by atoms with Crippen molar-refractivity contribution in [3.8, 4) is 11.1 Å². The maximum atomic E-state index is 12.7. The van der Waals surface area contributed by atoms with Crippen LogP contribution in [0.15, 0.2) is 48.5 Å². The Morgan fingerprint density at radius 2 is 1.50 bits per heavy atom. The molecule has 0 aromatic heterocycles. The first-order valence-corrected chi connectivity index (χ1v) is 10.8. The van der Waals surface area contributed by atoms with Gasteiger partial charge < -0.3 is 20.7 Å². The summed E-state index contributed by atoms with van der Waals surface area (Å²) in [5.74, 6) is -0.610. The molecule has 1 atom stereocenters. The highest BCUT2D eigenvalue weighted by Gasteiger charge is 2.21. The number of alkyl carbamates (subject to hydrolysis) is 1. The van der Waals surface area contributed by atoms with E-state index in [0.29, 0.717) is 24.9 Å². The van der Waals surface area contributed by atoms with E-state index in [2.05, 4.69) is 16.0 Å². The van der Waals surface area contributed by atoms with Crippen LogP contribution in [0.5, 0.6) is 0 Å². The van der Waals surface area contributed by atoms with Crippen LogP contribution in [0.3, 0.4) is 0 Å². The zero-order valence-electron chi connectivity index (χ0n) is 19.5. The zero-order chi connectivity index (χ0) is 23.7. The summed E-state index contributed by atoms with van der Waals surface area (Å²) in [5, 5.41) is 8.01. The summed E-state index contributed by atoms with van der Waals surface area (Å²) in [6.07, 6.45) is 0.374. The Morgan fingerprint density at radius 3 is 2.03 bits per heavy atom. The Bertz CT molecular complexity index is 916. The molecule has 2 aromatic carbocycles. The van der Waals surface area contributed by atoms with Crippen LogP contribution in [0.2, 0.25) is 0 Å². The summed E-state index contributed by atoms with van der Waals surface area (Å²) < 4.78 is 5.18. The van der Waals surface area contributed by atoms with Gasteiger partial charge in [-0.2, -0.15) is 0 Å². The topological polar surface area (TPSA) is 96.5 Å². The maximum absolute atomic E-state index is 12.7. The van der Waals surface area contributed by atoms with E-state index in [1.165, 1.54) is 12.6 Å². The van der Waals surface area contributed by atoms with Crippen LogP contribution in [0.4, 0.5) is 4.79 Å². The Morgan fingerprint density at radius 1 is 0.938 bits per heavy atom. The van der Waals surface area contributed by atoms with E-state index in [-0.39, 0.29) is 11.8 Å². The van der Waals surface area contributed by atoms with Crippen molar-refractivity contribution in [3.63, 3.8) is 0 Å². The number of hydrogen-bond donors (Lipinski definition) is 3. The lowest BCUT2D eigenvalue weighted by Gasteiger charge is -2.20. The molecule has 2 rings (SSSR count). The second-order valence-electron chi connectivity index (χ2n) is 8.65. The summed E-state index contributed by atoms with van der Waals surface area (Å²) in [6, 6.07) is 14.7. The molecule has 0 bridgehead atoms. The van der Waals surface area contributed by atoms with Gasteiger partial charge in [0, 0.05) is 19.2 Å². The highest BCUT2D eigenvalue weighted by molar-refractivity contribution is 5.97. The average molecular weight is 440 g/mol. The van der Waals surface area contributed by atoms with Gasteiger partial charge in [-0.15, -0.1) is 0 Å². The molecule has 172 valence electrons. The van der Waals surface area contributed by atoms with Crippen molar-refractivity contribution in [1.29, 1.82) is 0 Å². The molecule has 0 saturated heterocycles. The van der Waals surface area contributed by atoms with Crippen molar-refractivity contribution in [2.24, 2.45) is 0 Å². The SMILES string of the molecule is CNC(=O)[C@H](CCCNC(=O)OC(C)(C)C)NC(=O)c1ccc(-c2ccc(C)cc2)cc1. The molecule has 0 spiro atoms. The van der Waals surface area contributed by atoms with Gasteiger partial charge in [-0.05, 0) is 63.8 Å². The first-order valence-electron chi connectivity index (χ1n) is 10.8. The molecule has 0 saturated carbocycles. The van der Waals surface area contributed by atoms with Crippen LogP contribution in [0, 0.1) is 6.92 Å². The fourth-order valence-corrected chi connectivity index (χ4v) is 3.06. The van der Waals surface area contributed by atoms with Gasteiger partial charge in [0.1, 0.15) is 11.6 Å². The number of aryl methyl sites for hydroxylation is 1. The minimum absolute atomic E-state index is 0.285. The largest absolute Gasteiger partial charge is 0.444 e. The van der Waals surface area contributed by atoms with Gasteiger partial charge >= 0.3 is 6.09 Å². The first kappa shape index (κ1) is 24.9. The lowest BCUT2D eigenvalue weighted by atomic mass is 10.0. The summed E-state index contributed by atoms with van der Waals surface area (Å²) in [5.41, 5.74) is 3.17. The third kappa shape index (κ3) is 8.06. The minimum Gasteiger partial charge on any atom is -0.444 e. The van der Waals surface area contributed by atoms with Gasteiger partial charge in [0.2, 0.25) is 5.91 Å². The molecule has 0 heterocycles. The van der Waals surface area contributed by atoms with E-state index < -0.39 is 17.7 Å². The Labute approximate surface area is 189 Å². The molecule has 7 nitrogen and oxygen atoms in total. The van der Waals surface area contributed by atoms with Crippen molar-refractivity contribution in [1.82, 2.24) is 16.0 Å². The molecule has 0 aliphatic rings. The number of ether oxygens (including phenoxy) is 1. The molecule has 0 aliphatic heterocycles. The van der Waals surface area contributed by atoms with E-state index in [4.69, 9.17) is 4.74 Å². The zero-order valence-corrected chi connectivity index (χ0v) is 19.5. The van der Waals surface area contributed by atoms with Gasteiger partial charge in [0.15, 0.2) is 0 Å². The van der Waals surface area contributed by atoms with E-state index in [1.807, 2.05) is 43.3 Å². The second kappa shape index (κ2) is 11.3. The van der Waals surface area contributed by atoms with Gasteiger partial charge in [-0.3, -0.25) is 9.59 Å². The highest BCUT2D eigenvalue weighted by Crippen LogP contribution is 2.20. The number of carbonyl (C=O) groups excluding carboxylic acids is 3. The molecule has 3 amide bonds. The molecule has 2 aromatic rings. The van der Waals surface area contributed by atoms with Crippen molar-refractivity contribution < 1.29 is 19.1 Å². The Kier molecular flexibility index (Phi) is 8.81. The Hall–Kier alpha value is -3.35. The molecule has 32 heavy (non-hydrogen) atoms. The monoisotopic (exact) mass is 439 g/mol. The quantitative estimate of drug-likeness (QED) is 0.545. The lowest BCUT2D eigenvalue weighted by molar-refractivity contribution is -0.122. The van der Waals surface area contributed by atoms with Crippen LogP contribution in [-0.4, -0.2) is 43.1 Å². The van der Waals surface area contributed by atoms with E-state index in [1.54, 1.807) is 32.9 Å². The smallest absolute Gasteiger partial charge is 0.407 e. The van der Waals surface area contributed by atoms with Crippen molar-refractivity contribution in [2.45, 2.75) is 52.2 Å². The summed E-state index contributed by atoms with van der Waals surface area (Å²) in [6.45, 7) is 7.74. The number of likely N-dealkylation sites (N-methyl/N-ethyl adjacent to an activating group) is 1. The molecular formula is C25H33N3O4. The fourth-order valence-electron chi connectivity index (χ4n) is 3.06. The summed E-state index contributed by atoms with van der Waals surface area (Å²) in [7, 11) is 1.52. The highest BCUT2D eigenvalue weighted by atomic mass is 16.6. The van der Waals surface area contributed by atoms with Crippen LogP contribution >= 0.6 is 0 Å². The predicted molar refractivity (Wildman–Crippen MR) is 125 cm³/mol. The van der Waals surface area contributed by atoms with Gasteiger partial charge in [0.25, 0.3) is 5.91 Å². The third-order valence-corrected chi connectivity index (χ3v) is 4.74. The average Bonchev–Trinajstić information content (AvgIpc) is 2.74. The molecule has 0 radical (unpaired) electrons. The van der Waals surface area contributed by atoms with Crippen molar-refractivity contribution in [2.75, 3.05) is 13.6 Å². The van der Waals surface area contributed by atoms with E-state index in [0.717, 1.165) is 11.1 Å². The fraction of sp³-hybridized carbons (Fsp3) is 0.400. The number of hydrogen-bond acceptors (Lipinski definition) is 4. The number of rotatable bonds is 8. The van der Waals surface area contributed by atoms with E-state index >= 15 is 0 Å². The second-order valence-corrected chi connectivity index (χ2v) is 8.65. The molecule has 0 aliphatic carbocycles. The van der Waals surface area contributed by atoms with E-state index in [9.17, 15) is 14.4 Å². The van der Waals surface area contributed by atoms with Crippen LogP contribution in [0.1, 0.15) is 49.5 Å². The minimum atomic E-state index is -0.704. The summed E-state index contributed by atoms with van der Waals surface area (Å²) in [4.78, 5) is 36.6. The van der Waals surface area contributed by atoms with Gasteiger partial charge in [0.05, 0.1) is 0 Å². The number of nitrogens with one attached hydrogen (secondary N) is 3. The standard InChI is InChI=1S/C25H33N3O4/c1-17-8-10-18(11-9-17)19-12-14-20(15-13-19)22(29)28-21(23(30)26-5)7-6-16-27-24(31)32-25(2,3)4/h8-15,21H,6-7,16H2,1-5H3,(H,26,30)(H,27,31)(H,28,29)/t21-/m0/s1. The summed E-state index contributed by atoms with van der Waals surface area (Å²) >= 11 is 0. The van der Waals surface area contributed by atoms with Crippen LogP contribution in [-0.2, 0) is 9.53 Å². The predicted octanol–water partition coefficient (Wildman–Crippen LogP) is 3.81. The van der Waals surface area contributed by atoms with Gasteiger partial charge in [-0.1, -0.05) is 42.0 Å². The Balaban J connectivity index is 1.92. The van der Waals surface area contributed by atoms with Crippen molar-refractivity contribution in [3.05, 3.63) is 59.7 Å². The number of carbonyl (C=O) groups is 3. The molecular weight excluding hydrogens is 406 g/mol. The maximum Gasteiger partial charge on any atom is 0.407 e. The molecule has 0 unspecified atom stereocenters. The first-order chi connectivity index (χ1) is 15.1. The molecule has 7 heteroatoms. The third-order valence-electron chi connectivity index (χ3n) is 4.74.